The number of fused-ring (bicyclic) bond motifs is 1. The van der Waals surface area contributed by atoms with Crippen LogP contribution in [0, 0.1) is 17.3 Å². The Hall–Kier alpha value is -0.600. The first-order chi connectivity index (χ1) is 7.61. The lowest BCUT2D eigenvalue weighted by atomic mass is 9.48. The van der Waals surface area contributed by atoms with E-state index in [0.29, 0.717) is 11.5 Å². The fraction of sp³-hybridized carbons (Fsp3) is 0.714. The number of rotatable bonds is 5. The average Bonchev–Trinajstić information content (AvgIpc) is 2.28. The standard InChI is InChI=1S/C14H23NO/c1-5-6-13(15-16-4)11-8-7-10-9-12(11)14(10,2)3/h5,8,10,12-13,15H,1,6-7,9H2,2-4H3/t10-,12-,13?/m0/s1. The fourth-order valence-corrected chi connectivity index (χ4v) is 3.35. The van der Waals surface area contributed by atoms with Gasteiger partial charge >= 0.3 is 0 Å². The van der Waals surface area contributed by atoms with E-state index in [1.54, 1.807) is 7.11 Å². The molecule has 1 fully saturated rings. The third kappa shape index (κ3) is 1.74. The molecule has 3 rings (SSSR count). The molecule has 3 atom stereocenters. The first-order valence-electron chi connectivity index (χ1n) is 6.20. The van der Waals surface area contributed by atoms with Crippen LogP contribution in [0.15, 0.2) is 24.3 Å². The van der Waals surface area contributed by atoms with Crippen molar-refractivity contribution in [3.05, 3.63) is 24.3 Å². The van der Waals surface area contributed by atoms with Gasteiger partial charge in [-0.2, -0.15) is 5.48 Å². The normalized spacial score (nSPS) is 32.6. The molecule has 1 N–H and O–H groups in total. The van der Waals surface area contributed by atoms with Crippen molar-refractivity contribution in [2.45, 2.75) is 39.2 Å². The lowest BCUT2D eigenvalue weighted by Gasteiger charge is -2.57. The third-order valence-corrected chi connectivity index (χ3v) is 4.58. The van der Waals surface area contributed by atoms with Crippen molar-refractivity contribution >= 4 is 0 Å². The van der Waals surface area contributed by atoms with Crippen molar-refractivity contribution in [3.63, 3.8) is 0 Å². The predicted octanol–water partition coefficient (Wildman–Crippen LogP) is 3.07. The van der Waals surface area contributed by atoms with E-state index in [9.17, 15) is 0 Å². The van der Waals surface area contributed by atoms with Crippen LogP contribution in [0.25, 0.3) is 0 Å². The maximum absolute atomic E-state index is 5.10. The van der Waals surface area contributed by atoms with Gasteiger partial charge in [0.05, 0.1) is 13.2 Å². The summed E-state index contributed by atoms with van der Waals surface area (Å²) in [7, 11) is 1.69. The maximum atomic E-state index is 5.10. The smallest absolute Gasteiger partial charge is 0.0572 e. The number of allylic oxidation sites excluding steroid dienone is 1. The van der Waals surface area contributed by atoms with Crippen molar-refractivity contribution in [2.24, 2.45) is 17.3 Å². The Morgan fingerprint density at radius 2 is 2.44 bits per heavy atom. The Morgan fingerprint density at radius 3 is 2.94 bits per heavy atom. The summed E-state index contributed by atoms with van der Waals surface area (Å²) >= 11 is 0. The van der Waals surface area contributed by atoms with Crippen molar-refractivity contribution < 1.29 is 4.84 Å². The summed E-state index contributed by atoms with van der Waals surface area (Å²) in [5.74, 6) is 1.63. The van der Waals surface area contributed by atoms with E-state index in [1.807, 2.05) is 6.08 Å². The summed E-state index contributed by atoms with van der Waals surface area (Å²) in [6.45, 7) is 8.63. The van der Waals surface area contributed by atoms with Gasteiger partial charge in [-0.05, 0) is 36.5 Å². The second-order valence-electron chi connectivity index (χ2n) is 5.65. The Bertz CT molecular complexity index is 306. The molecule has 0 aromatic rings. The van der Waals surface area contributed by atoms with Crippen LogP contribution in [0.5, 0.6) is 0 Å². The minimum absolute atomic E-state index is 0.313. The number of hydrogen-bond donors (Lipinski definition) is 1. The van der Waals surface area contributed by atoms with E-state index in [-0.39, 0.29) is 0 Å². The Morgan fingerprint density at radius 1 is 1.69 bits per heavy atom. The van der Waals surface area contributed by atoms with E-state index in [1.165, 1.54) is 18.4 Å². The second-order valence-corrected chi connectivity index (χ2v) is 5.65. The van der Waals surface area contributed by atoms with Gasteiger partial charge < -0.3 is 4.84 Å². The van der Waals surface area contributed by atoms with E-state index >= 15 is 0 Å². The van der Waals surface area contributed by atoms with Gasteiger partial charge in [-0.1, -0.05) is 31.6 Å². The largest absolute Gasteiger partial charge is 0.305 e. The molecule has 0 amide bonds. The van der Waals surface area contributed by atoms with Crippen LogP contribution < -0.4 is 5.48 Å². The molecule has 0 aromatic heterocycles. The Labute approximate surface area is 98.7 Å². The zero-order valence-electron chi connectivity index (χ0n) is 10.6. The van der Waals surface area contributed by atoms with Gasteiger partial charge in [-0.3, -0.25) is 0 Å². The number of hydroxylamine groups is 1. The van der Waals surface area contributed by atoms with E-state index in [4.69, 9.17) is 4.84 Å². The maximum Gasteiger partial charge on any atom is 0.0572 e. The number of nitrogens with one attached hydrogen (secondary N) is 1. The molecule has 0 saturated heterocycles. The molecule has 2 nitrogen and oxygen atoms in total. The third-order valence-electron chi connectivity index (χ3n) is 4.58. The van der Waals surface area contributed by atoms with Crippen LogP contribution in [0.3, 0.4) is 0 Å². The van der Waals surface area contributed by atoms with Crippen molar-refractivity contribution in [2.75, 3.05) is 7.11 Å². The van der Waals surface area contributed by atoms with Crippen LogP contribution in [-0.2, 0) is 4.84 Å². The molecular weight excluding hydrogens is 198 g/mol. The lowest BCUT2D eigenvalue weighted by molar-refractivity contribution is -0.0208. The van der Waals surface area contributed by atoms with Gasteiger partial charge in [-0.25, -0.2) is 0 Å². The quantitative estimate of drug-likeness (QED) is 0.569. The summed E-state index contributed by atoms with van der Waals surface area (Å²) in [5, 5.41) is 0. The summed E-state index contributed by atoms with van der Waals surface area (Å²) in [6, 6.07) is 0.313. The van der Waals surface area contributed by atoms with E-state index in [2.05, 4.69) is 32.0 Å². The van der Waals surface area contributed by atoms with Crippen LogP contribution >= 0.6 is 0 Å². The summed E-state index contributed by atoms with van der Waals surface area (Å²) in [6.07, 6.45) is 7.92. The van der Waals surface area contributed by atoms with Crippen molar-refractivity contribution in [1.29, 1.82) is 0 Å². The molecule has 2 bridgehead atoms. The van der Waals surface area contributed by atoms with Gasteiger partial charge in [0.2, 0.25) is 0 Å². The van der Waals surface area contributed by atoms with Gasteiger partial charge in [0.15, 0.2) is 0 Å². The van der Waals surface area contributed by atoms with Gasteiger partial charge in [0, 0.05) is 0 Å². The predicted molar refractivity (Wildman–Crippen MR) is 66.8 cm³/mol. The highest BCUT2D eigenvalue weighted by molar-refractivity contribution is 5.27. The molecular formula is C14H23NO. The van der Waals surface area contributed by atoms with Crippen LogP contribution in [0.2, 0.25) is 0 Å². The van der Waals surface area contributed by atoms with Gasteiger partial charge in [-0.15, -0.1) is 6.58 Å². The first kappa shape index (κ1) is 11.9. The molecule has 3 aliphatic carbocycles. The van der Waals surface area contributed by atoms with Crippen molar-refractivity contribution in [1.82, 2.24) is 5.48 Å². The second kappa shape index (κ2) is 4.34. The highest BCUT2D eigenvalue weighted by atomic mass is 16.6. The first-order valence-corrected chi connectivity index (χ1v) is 6.20. The molecule has 3 aliphatic rings. The average molecular weight is 221 g/mol. The molecule has 90 valence electrons. The van der Waals surface area contributed by atoms with E-state index in [0.717, 1.165) is 18.3 Å². The minimum atomic E-state index is 0.313. The molecule has 1 saturated carbocycles. The Kier molecular flexibility index (Phi) is 3.22. The molecule has 0 heterocycles. The minimum Gasteiger partial charge on any atom is -0.305 e. The molecule has 0 aliphatic heterocycles. The molecule has 16 heavy (non-hydrogen) atoms. The summed E-state index contributed by atoms with van der Waals surface area (Å²) in [4.78, 5) is 5.10. The molecule has 1 unspecified atom stereocenters. The van der Waals surface area contributed by atoms with E-state index < -0.39 is 0 Å². The molecule has 0 radical (unpaired) electrons. The SMILES string of the molecule is C=CCC(NOC)C1=CC[C@H]2C[C@@H]1C2(C)C. The fourth-order valence-electron chi connectivity index (χ4n) is 3.35. The van der Waals surface area contributed by atoms with Crippen molar-refractivity contribution in [3.8, 4) is 0 Å². The highest BCUT2D eigenvalue weighted by Gasteiger charge is 2.52. The summed E-state index contributed by atoms with van der Waals surface area (Å²) < 4.78 is 0. The topological polar surface area (TPSA) is 21.3 Å². The van der Waals surface area contributed by atoms with Crippen LogP contribution in [0.4, 0.5) is 0 Å². The zero-order valence-corrected chi connectivity index (χ0v) is 10.6. The van der Waals surface area contributed by atoms with Gasteiger partial charge in [0.1, 0.15) is 0 Å². The zero-order chi connectivity index (χ0) is 11.8. The monoisotopic (exact) mass is 221 g/mol. The lowest BCUT2D eigenvalue weighted by Crippen LogP contribution is -2.51. The molecule has 0 spiro atoms. The van der Waals surface area contributed by atoms with Gasteiger partial charge in [0.25, 0.3) is 0 Å². The number of hydrogen-bond acceptors (Lipinski definition) is 2. The molecule has 2 heteroatoms. The summed E-state index contributed by atoms with van der Waals surface area (Å²) in [5.41, 5.74) is 5.13. The highest BCUT2D eigenvalue weighted by Crippen LogP contribution is 2.59. The molecule has 0 aromatic carbocycles. The van der Waals surface area contributed by atoms with Crippen LogP contribution in [-0.4, -0.2) is 13.2 Å². The Balaban J connectivity index is 2.13. The van der Waals surface area contributed by atoms with Crippen LogP contribution in [0.1, 0.15) is 33.1 Å².